The van der Waals surface area contributed by atoms with Gasteiger partial charge in [-0.25, -0.2) is 4.98 Å². The Hall–Kier alpha value is -1.00. The Labute approximate surface area is 140 Å². The van der Waals surface area contributed by atoms with Gasteiger partial charge in [0.05, 0.1) is 4.47 Å². The second kappa shape index (κ2) is 6.84. The van der Waals surface area contributed by atoms with Crippen LogP contribution in [0.25, 0.3) is 0 Å². The standard InChI is InChI=1S/C17H21BrN2S/c1-10(2)7-14-16(18)17(21)20-15(19-14)9-13-6-5-11(3)12(4)8-13/h5-6,8,10H,7,9H2,1-4H3,(H,19,20,21). The zero-order chi connectivity index (χ0) is 15.6. The van der Waals surface area contributed by atoms with Crippen molar-refractivity contribution < 1.29 is 0 Å². The maximum atomic E-state index is 5.37. The molecule has 0 radical (unpaired) electrons. The summed E-state index contributed by atoms with van der Waals surface area (Å²) in [6.45, 7) is 8.67. The largest absolute Gasteiger partial charge is 0.346 e. The second-order valence-corrected chi connectivity index (χ2v) is 7.15. The average molecular weight is 365 g/mol. The maximum absolute atomic E-state index is 5.37. The van der Waals surface area contributed by atoms with Crippen LogP contribution in [0.15, 0.2) is 22.7 Å². The molecule has 0 spiro atoms. The fraction of sp³-hybridized carbons (Fsp3) is 0.412. The van der Waals surface area contributed by atoms with E-state index in [2.05, 4.69) is 71.8 Å². The number of aryl methyl sites for hydroxylation is 2. The number of nitrogens with one attached hydrogen (secondary N) is 1. The lowest BCUT2D eigenvalue weighted by Crippen LogP contribution is -2.05. The third-order valence-corrected chi connectivity index (χ3v) is 4.95. The summed E-state index contributed by atoms with van der Waals surface area (Å²) in [6, 6.07) is 6.54. The molecule has 2 rings (SSSR count). The molecule has 0 aliphatic rings. The highest BCUT2D eigenvalue weighted by atomic mass is 79.9. The monoisotopic (exact) mass is 364 g/mol. The van der Waals surface area contributed by atoms with Crippen molar-refractivity contribution in [3.63, 3.8) is 0 Å². The van der Waals surface area contributed by atoms with Crippen LogP contribution in [0, 0.1) is 24.4 Å². The van der Waals surface area contributed by atoms with Crippen LogP contribution >= 0.6 is 28.1 Å². The minimum atomic E-state index is 0.573. The molecule has 21 heavy (non-hydrogen) atoms. The first-order valence-electron chi connectivity index (χ1n) is 7.20. The van der Waals surface area contributed by atoms with Crippen LogP contribution in [0.2, 0.25) is 0 Å². The Kier molecular flexibility index (Phi) is 5.33. The molecule has 2 aromatic rings. The summed E-state index contributed by atoms with van der Waals surface area (Å²) < 4.78 is 1.57. The van der Waals surface area contributed by atoms with Crippen molar-refractivity contribution in [2.45, 2.75) is 40.5 Å². The first-order valence-corrected chi connectivity index (χ1v) is 8.40. The van der Waals surface area contributed by atoms with Crippen LogP contribution in [-0.4, -0.2) is 9.97 Å². The quantitative estimate of drug-likeness (QED) is 0.744. The zero-order valence-electron chi connectivity index (χ0n) is 13.0. The molecule has 2 nitrogen and oxygen atoms in total. The molecule has 4 heteroatoms. The van der Waals surface area contributed by atoms with E-state index in [0.717, 1.165) is 28.8 Å². The van der Waals surface area contributed by atoms with Crippen molar-refractivity contribution in [3.05, 3.63) is 55.5 Å². The van der Waals surface area contributed by atoms with E-state index in [4.69, 9.17) is 12.2 Å². The van der Waals surface area contributed by atoms with E-state index in [9.17, 15) is 0 Å². The molecular weight excluding hydrogens is 344 g/mol. The molecular formula is C17H21BrN2S. The molecule has 0 saturated heterocycles. The van der Waals surface area contributed by atoms with Crippen LogP contribution in [0.5, 0.6) is 0 Å². The molecule has 0 aliphatic carbocycles. The van der Waals surface area contributed by atoms with Gasteiger partial charge in [-0.3, -0.25) is 0 Å². The van der Waals surface area contributed by atoms with E-state index in [0.29, 0.717) is 10.6 Å². The lowest BCUT2D eigenvalue weighted by molar-refractivity contribution is 0.628. The van der Waals surface area contributed by atoms with Crippen molar-refractivity contribution in [1.82, 2.24) is 9.97 Å². The van der Waals surface area contributed by atoms with Crippen molar-refractivity contribution >= 4 is 28.1 Å². The summed E-state index contributed by atoms with van der Waals surface area (Å²) in [6.07, 6.45) is 1.75. The van der Waals surface area contributed by atoms with E-state index in [1.165, 1.54) is 16.7 Å². The Bertz CT molecular complexity index is 704. The van der Waals surface area contributed by atoms with Crippen LogP contribution < -0.4 is 0 Å². The molecule has 1 aromatic carbocycles. The van der Waals surface area contributed by atoms with Gasteiger partial charge in [0.1, 0.15) is 10.5 Å². The molecule has 1 heterocycles. The maximum Gasteiger partial charge on any atom is 0.144 e. The summed E-state index contributed by atoms with van der Waals surface area (Å²) in [5.74, 6) is 1.51. The fourth-order valence-electron chi connectivity index (χ4n) is 2.30. The SMILES string of the molecule is Cc1ccc(Cc2nc(=S)c(Br)c(CC(C)C)[nH]2)cc1C. The first kappa shape index (κ1) is 16.4. The molecule has 0 unspecified atom stereocenters. The summed E-state index contributed by atoms with van der Waals surface area (Å²) in [4.78, 5) is 7.94. The average Bonchev–Trinajstić information content (AvgIpc) is 2.39. The molecule has 0 atom stereocenters. The minimum Gasteiger partial charge on any atom is -0.346 e. The van der Waals surface area contributed by atoms with Crippen LogP contribution in [-0.2, 0) is 12.8 Å². The third kappa shape index (κ3) is 4.24. The van der Waals surface area contributed by atoms with E-state index >= 15 is 0 Å². The Balaban J connectivity index is 2.33. The lowest BCUT2D eigenvalue weighted by Gasteiger charge is -2.11. The Morgan fingerprint density at radius 3 is 2.57 bits per heavy atom. The minimum absolute atomic E-state index is 0.573. The van der Waals surface area contributed by atoms with Gasteiger partial charge in [-0.2, -0.15) is 0 Å². The number of nitrogens with zero attached hydrogens (tertiary/aromatic N) is 1. The molecule has 0 fully saturated rings. The highest BCUT2D eigenvalue weighted by molar-refractivity contribution is 9.10. The molecule has 1 aromatic heterocycles. The van der Waals surface area contributed by atoms with Crippen molar-refractivity contribution in [3.8, 4) is 0 Å². The number of benzene rings is 1. The van der Waals surface area contributed by atoms with Crippen LogP contribution in [0.3, 0.4) is 0 Å². The number of hydrogen-bond donors (Lipinski definition) is 1. The predicted octanol–water partition coefficient (Wildman–Crippen LogP) is 5.31. The fourth-order valence-corrected chi connectivity index (χ4v) is 2.88. The molecule has 0 amide bonds. The lowest BCUT2D eigenvalue weighted by atomic mass is 10.0. The number of hydrogen-bond acceptors (Lipinski definition) is 2. The van der Waals surface area contributed by atoms with Gasteiger partial charge in [0.15, 0.2) is 0 Å². The van der Waals surface area contributed by atoms with Gasteiger partial charge in [-0.05, 0) is 58.8 Å². The van der Waals surface area contributed by atoms with Gasteiger partial charge in [0.2, 0.25) is 0 Å². The summed E-state index contributed by atoms with van der Waals surface area (Å²) in [5, 5.41) is 0. The van der Waals surface area contributed by atoms with Gasteiger partial charge in [-0.1, -0.05) is 44.3 Å². The zero-order valence-corrected chi connectivity index (χ0v) is 15.4. The number of halogens is 1. The Morgan fingerprint density at radius 1 is 1.24 bits per heavy atom. The smallest absolute Gasteiger partial charge is 0.144 e. The van der Waals surface area contributed by atoms with E-state index in [1.807, 2.05) is 0 Å². The van der Waals surface area contributed by atoms with Gasteiger partial charge in [0.25, 0.3) is 0 Å². The highest BCUT2D eigenvalue weighted by Gasteiger charge is 2.09. The van der Waals surface area contributed by atoms with Crippen molar-refractivity contribution in [2.75, 3.05) is 0 Å². The summed E-state index contributed by atoms with van der Waals surface area (Å²) in [7, 11) is 0. The predicted molar refractivity (Wildman–Crippen MR) is 94.4 cm³/mol. The van der Waals surface area contributed by atoms with E-state index < -0.39 is 0 Å². The first-order chi connectivity index (χ1) is 9.86. The van der Waals surface area contributed by atoms with Gasteiger partial charge in [0, 0.05) is 12.1 Å². The number of H-pyrrole nitrogens is 1. The Morgan fingerprint density at radius 2 is 1.95 bits per heavy atom. The molecule has 1 N–H and O–H groups in total. The van der Waals surface area contributed by atoms with Crippen LogP contribution in [0.1, 0.15) is 42.1 Å². The van der Waals surface area contributed by atoms with E-state index in [-0.39, 0.29) is 0 Å². The normalized spacial score (nSPS) is 11.1. The molecule has 0 bridgehead atoms. The molecule has 112 valence electrons. The van der Waals surface area contributed by atoms with Gasteiger partial charge >= 0.3 is 0 Å². The molecule has 0 aliphatic heterocycles. The molecule has 0 saturated carbocycles. The van der Waals surface area contributed by atoms with Crippen molar-refractivity contribution in [1.29, 1.82) is 0 Å². The highest BCUT2D eigenvalue weighted by Crippen LogP contribution is 2.20. The summed E-state index contributed by atoms with van der Waals surface area (Å²) in [5.41, 5.74) is 5.03. The third-order valence-electron chi connectivity index (χ3n) is 3.54. The van der Waals surface area contributed by atoms with Crippen LogP contribution in [0.4, 0.5) is 0 Å². The van der Waals surface area contributed by atoms with Gasteiger partial charge < -0.3 is 4.98 Å². The number of rotatable bonds is 4. The topological polar surface area (TPSA) is 28.7 Å². The summed E-state index contributed by atoms with van der Waals surface area (Å²) >= 11 is 8.92. The number of aromatic nitrogens is 2. The van der Waals surface area contributed by atoms with E-state index in [1.54, 1.807) is 0 Å². The number of aromatic amines is 1. The van der Waals surface area contributed by atoms with Crippen molar-refractivity contribution in [2.24, 2.45) is 5.92 Å². The van der Waals surface area contributed by atoms with Gasteiger partial charge in [-0.15, -0.1) is 0 Å². The second-order valence-electron chi connectivity index (χ2n) is 5.97.